The summed E-state index contributed by atoms with van der Waals surface area (Å²) in [5.41, 5.74) is 0. The highest BCUT2D eigenvalue weighted by molar-refractivity contribution is 5.86. The Morgan fingerprint density at radius 1 is 1.21 bits per heavy atom. The lowest BCUT2D eigenvalue weighted by Crippen LogP contribution is -2.52. The Hall–Kier alpha value is -1.59. The van der Waals surface area contributed by atoms with Crippen LogP contribution in [0.25, 0.3) is 0 Å². The molecule has 19 heavy (non-hydrogen) atoms. The number of hydrogen-bond donors (Lipinski definition) is 2. The smallest absolute Gasteiger partial charge is 0.405 e. The van der Waals surface area contributed by atoms with Gasteiger partial charge in [-0.05, 0) is 31.6 Å². The molecule has 0 aromatic carbocycles. The number of carbonyl (C=O) groups excluding carboxylic acids is 2. The molecule has 6 nitrogen and oxygen atoms in total. The van der Waals surface area contributed by atoms with Crippen LogP contribution in [0.1, 0.15) is 38.5 Å². The highest BCUT2D eigenvalue weighted by Gasteiger charge is 2.35. The highest BCUT2D eigenvalue weighted by atomic mass is 16.4. The predicted octanol–water partition coefficient (Wildman–Crippen LogP) is 1.00. The van der Waals surface area contributed by atoms with E-state index in [2.05, 4.69) is 5.32 Å². The second-order valence-corrected chi connectivity index (χ2v) is 5.34. The number of nitrogens with one attached hydrogen (secondary N) is 1. The van der Waals surface area contributed by atoms with Gasteiger partial charge >= 0.3 is 6.09 Å². The van der Waals surface area contributed by atoms with Crippen molar-refractivity contribution in [3.05, 3.63) is 0 Å². The van der Waals surface area contributed by atoms with Crippen molar-refractivity contribution < 1.29 is 19.5 Å². The van der Waals surface area contributed by atoms with Crippen LogP contribution in [0.5, 0.6) is 0 Å². The standard InChI is InChI=1S/C13H20N2O4/c16-10-5-3-9(4-6-10)11(14-13(18)19)12(17)15-7-1-2-8-15/h9,11,14H,1-8H2,(H,18,19)/t11-/m0/s1. The van der Waals surface area contributed by atoms with Crippen LogP contribution in [0, 0.1) is 5.92 Å². The van der Waals surface area contributed by atoms with Crippen LogP contribution in [0.2, 0.25) is 0 Å². The molecule has 1 heterocycles. The molecule has 0 radical (unpaired) electrons. The lowest BCUT2D eigenvalue weighted by molar-refractivity contribution is -0.135. The normalized spacial score (nSPS) is 22.3. The molecule has 2 fully saturated rings. The van der Waals surface area contributed by atoms with Gasteiger partial charge in [-0.15, -0.1) is 0 Å². The first-order valence-corrected chi connectivity index (χ1v) is 6.88. The summed E-state index contributed by atoms with van der Waals surface area (Å²) in [5.74, 6) is 0.0279. The molecule has 1 aliphatic heterocycles. The third kappa shape index (κ3) is 3.45. The molecule has 0 aromatic heterocycles. The SMILES string of the molecule is O=C1CCC([C@H](NC(=O)O)C(=O)N2CCCC2)CC1. The summed E-state index contributed by atoms with van der Waals surface area (Å²) in [4.78, 5) is 36.2. The van der Waals surface area contributed by atoms with Crippen molar-refractivity contribution in [3.8, 4) is 0 Å². The van der Waals surface area contributed by atoms with E-state index in [4.69, 9.17) is 5.11 Å². The minimum absolute atomic E-state index is 0.0538. The third-order valence-electron chi connectivity index (χ3n) is 4.02. The van der Waals surface area contributed by atoms with E-state index < -0.39 is 12.1 Å². The first kappa shape index (κ1) is 13.8. The van der Waals surface area contributed by atoms with Gasteiger partial charge in [0.25, 0.3) is 0 Å². The van der Waals surface area contributed by atoms with Crippen LogP contribution in [0.15, 0.2) is 0 Å². The number of hydrogen-bond acceptors (Lipinski definition) is 3. The Labute approximate surface area is 112 Å². The van der Waals surface area contributed by atoms with Crippen molar-refractivity contribution in [1.82, 2.24) is 10.2 Å². The number of amides is 2. The fourth-order valence-electron chi connectivity index (χ4n) is 2.94. The molecule has 2 aliphatic rings. The molecule has 2 N–H and O–H groups in total. The van der Waals surface area contributed by atoms with Crippen LogP contribution in [0.4, 0.5) is 4.79 Å². The fraction of sp³-hybridized carbons (Fsp3) is 0.769. The van der Waals surface area contributed by atoms with E-state index in [0.29, 0.717) is 38.8 Å². The van der Waals surface area contributed by atoms with Gasteiger partial charge in [-0.25, -0.2) is 4.79 Å². The number of likely N-dealkylation sites (tertiary alicyclic amines) is 1. The van der Waals surface area contributed by atoms with Gasteiger partial charge in [0, 0.05) is 25.9 Å². The molecule has 0 bridgehead atoms. The van der Waals surface area contributed by atoms with Crippen molar-refractivity contribution in [2.75, 3.05) is 13.1 Å². The van der Waals surface area contributed by atoms with Crippen molar-refractivity contribution in [2.45, 2.75) is 44.6 Å². The van der Waals surface area contributed by atoms with Crippen molar-refractivity contribution >= 4 is 17.8 Å². The number of carbonyl (C=O) groups is 3. The van der Waals surface area contributed by atoms with Gasteiger partial charge in [-0.3, -0.25) is 9.59 Å². The van der Waals surface area contributed by atoms with Crippen LogP contribution < -0.4 is 5.32 Å². The van der Waals surface area contributed by atoms with Crippen LogP contribution in [-0.2, 0) is 9.59 Å². The summed E-state index contributed by atoms with van der Waals surface area (Å²) in [6.45, 7) is 1.42. The summed E-state index contributed by atoms with van der Waals surface area (Å²) < 4.78 is 0. The maximum Gasteiger partial charge on any atom is 0.405 e. The molecule has 106 valence electrons. The first-order valence-electron chi connectivity index (χ1n) is 6.88. The summed E-state index contributed by atoms with van der Waals surface area (Å²) in [7, 11) is 0. The lowest BCUT2D eigenvalue weighted by Gasteiger charge is -2.31. The minimum Gasteiger partial charge on any atom is -0.465 e. The molecular formula is C13H20N2O4. The fourth-order valence-corrected chi connectivity index (χ4v) is 2.94. The van der Waals surface area contributed by atoms with E-state index in [0.717, 1.165) is 12.8 Å². The Morgan fingerprint density at radius 3 is 2.32 bits per heavy atom. The zero-order valence-electron chi connectivity index (χ0n) is 10.9. The Balaban J connectivity index is 2.03. The Morgan fingerprint density at radius 2 is 1.79 bits per heavy atom. The summed E-state index contributed by atoms with van der Waals surface area (Å²) in [6, 6.07) is -0.691. The van der Waals surface area contributed by atoms with Gasteiger partial charge in [-0.1, -0.05) is 0 Å². The van der Waals surface area contributed by atoms with E-state index in [9.17, 15) is 14.4 Å². The maximum atomic E-state index is 12.4. The maximum absolute atomic E-state index is 12.4. The molecular weight excluding hydrogens is 248 g/mol. The average Bonchev–Trinajstić information content (AvgIpc) is 2.90. The van der Waals surface area contributed by atoms with Crippen LogP contribution in [0.3, 0.4) is 0 Å². The minimum atomic E-state index is -1.17. The Bertz CT molecular complexity index is 367. The molecule has 1 saturated carbocycles. The molecule has 2 rings (SSSR count). The first-order chi connectivity index (χ1) is 9.08. The van der Waals surface area contributed by atoms with Crippen LogP contribution >= 0.6 is 0 Å². The second-order valence-electron chi connectivity index (χ2n) is 5.34. The average molecular weight is 268 g/mol. The van der Waals surface area contributed by atoms with E-state index >= 15 is 0 Å². The van der Waals surface area contributed by atoms with E-state index in [-0.39, 0.29) is 17.6 Å². The molecule has 1 atom stereocenters. The third-order valence-corrected chi connectivity index (χ3v) is 4.02. The van der Waals surface area contributed by atoms with Crippen molar-refractivity contribution in [1.29, 1.82) is 0 Å². The molecule has 1 aliphatic carbocycles. The lowest BCUT2D eigenvalue weighted by atomic mass is 9.82. The van der Waals surface area contributed by atoms with Crippen molar-refractivity contribution in [3.63, 3.8) is 0 Å². The van der Waals surface area contributed by atoms with Crippen LogP contribution in [-0.4, -0.2) is 46.9 Å². The quantitative estimate of drug-likeness (QED) is 0.799. The van der Waals surface area contributed by atoms with Gasteiger partial charge in [-0.2, -0.15) is 0 Å². The molecule has 1 saturated heterocycles. The number of rotatable bonds is 3. The van der Waals surface area contributed by atoms with E-state index in [1.807, 2.05) is 0 Å². The van der Waals surface area contributed by atoms with Gasteiger partial charge in [0.2, 0.25) is 5.91 Å². The van der Waals surface area contributed by atoms with E-state index in [1.54, 1.807) is 4.90 Å². The number of Topliss-reactive ketones (excluding diaryl/α,β-unsaturated/α-hetero) is 1. The number of ketones is 1. The summed E-state index contributed by atoms with van der Waals surface area (Å²) in [5, 5.41) is 11.3. The van der Waals surface area contributed by atoms with Gasteiger partial charge in [0.1, 0.15) is 11.8 Å². The summed E-state index contributed by atoms with van der Waals surface area (Å²) >= 11 is 0. The van der Waals surface area contributed by atoms with E-state index in [1.165, 1.54) is 0 Å². The zero-order valence-corrected chi connectivity index (χ0v) is 10.9. The highest BCUT2D eigenvalue weighted by Crippen LogP contribution is 2.26. The zero-order chi connectivity index (χ0) is 13.8. The summed E-state index contributed by atoms with van der Waals surface area (Å²) in [6.07, 6.45) is 2.90. The van der Waals surface area contributed by atoms with Gasteiger partial charge in [0.05, 0.1) is 0 Å². The molecule has 2 amide bonds. The predicted molar refractivity (Wildman–Crippen MR) is 67.7 cm³/mol. The second kappa shape index (κ2) is 6.04. The van der Waals surface area contributed by atoms with Crippen molar-refractivity contribution in [2.24, 2.45) is 5.92 Å². The number of nitrogens with zero attached hydrogens (tertiary/aromatic N) is 1. The topological polar surface area (TPSA) is 86.7 Å². The molecule has 0 spiro atoms. The molecule has 0 aromatic rings. The van der Waals surface area contributed by atoms with Gasteiger partial charge < -0.3 is 15.3 Å². The monoisotopic (exact) mass is 268 g/mol. The largest absolute Gasteiger partial charge is 0.465 e. The number of carboxylic acid groups (broad SMARTS) is 1. The Kier molecular flexibility index (Phi) is 4.39. The molecule has 6 heteroatoms. The molecule has 0 unspecified atom stereocenters. The van der Waals surface area contributed by atoms with Gasteiger partial charge in [0.15, 0.2) is 0 Å².